The van der Waals surface area contributed by atoms with Crippen molar-refractivity contribution < 1.29 is 9.47 Å². The fourth-order valence-corrected chi connectivity index (χ4v) is 3.55. The Kier molecular flexibility index (Phi) is 3.09. The fraction of sp³-hybridized carbons (Fsp3) is 0.647. The van der Waals surface area contributed by atoms with Gasteiger partial charge in [-0.25, -0.2) is 0 Å². The van der Waals surface area contributed by atoms with Crippen LogP contribution < -0.4 is 4.74 Å². The minimum absolute atomic E-state index is 0.134. The van der Waals surface area contributed by atoms with Gasteiger partial charge in [0.15, 0.2) is 0 Å². The van der Waals surface area contributed by atoms with E-state index in [2.05, 4.69) is 45.9 Å². The highest BCUT2D eigenvalue weighted by molar-refractivity contribution is 5.39. The molecule has 19 heavy (non-hydrogen) atoms. The average molecular weight is 260 g/mol. The van der Waals surface area contributed by atoms with Gasteiger partial charge >= 0.3 is 0 Å². The van der Waals surface area contributed by atoms with Crippen molar-refractivity contribution in [1.82, 2.24) is 0 Å². The van der Waals surface area contributed by atoms with Gasteiger partial charge in [-0.15, -0.1) is 0 Å². The fourth-order valence-electron chi connectivity index (χ4n) is 3.55. The first-order valence-electron chi connectivity index (χ1n) is 7.41. The molecule has 104 valence electrons. The number of hydrogen-bond donors (Lipinski definition) is 0. The summed E-state index contributed by atoms with van der Waals surface area (Å²) in [6.07, 6.45) is 2.85. The molecule has 0 saturated carbocycles. The van der Waals surface area contributed by atoms with Gasteiger partial charge in [-0.2, -0.15) is 0 Å². The van der Waals surface area contributed by atoms with Crippen LogP contribution in [0.3, 0.4) is 0 Å². The Bertz CT molecular complexity index is 464. The van der Waals surface area contributed by atoms with Crippen molar-refractivity contribution in [1.29, 1.82) is 0 Å². The molecule has 1 aromatic carbocycles. The summed E-state index contributed by atoms with van der Waals surface area (Å²) in [6.45, 7) is 8.92. The number of hydrogen-bond acceptors (Lipinski definition) is 2. The lowest BCUT2D eigenvalue weighted by Gasteiger charge is -2.40. The number of ether oxygens (including phenoxy) is 2. The standard InChI is InChI=1S/C17H24O2/c1-11(2)9-12-10-14-16(18-12)13-7-5-6-8-15(13)19-17(14,3)4/h5-8,11-12,14,16H,9-10H2,1-4H3/t12-,14-,16+/m1/s1. The summed E-state index contributed by atoms with van der Waals surface area (Å²) >= 11 is 0. The van der Waals surface area contributed by atoms with Gasteiger partial charge in [-0.1, -0.05) is 32.0 Å². The summed E-state index contributed by atoms with van der Waals surface area (Å²) in [5.74, 6) is 2.15. The zero-order valence-electron chi connectivity index (χ0n) is 12.3. The van der Waals surface area contributed by atoms with Crippen LogP contribution >= 0.6 is 0 Å². The molecule has 0 N–H and O–H groups in total. The second-order valence-electron chi connectivity index (χ2n) is 6.89. The first-order valence-corrected chi connectivity index (χ1v) is 7.41. The van der Waals surface area contributed by atoms with E-state index in [4.69, 9.17) is 9.47 Å². The minimum Gasteiger partial charge on any atom is -0.487 e. The molecular formula is C17H24O2. The van der Waals surface area contributed by atoms with Gasteiger partial charge in [0, 0.05) is 11.5 Å². The van der Waals surface area contributed by atoms with E-state index in [1.165, 1.54) is 5.56 Å². The molecule has 0 radical (unpaired) electrons. The van der Waals surface area contributed by atoms with Crippen molar-refractivity contribution >= 4 is 0 Å². The number of benzene rings is 1. The summed E-state index contributed by atoms with van der Waals surface area (Å²) in [7, 11) is 0. The molecule has 0 amide bonds. The molecule has 2 nitrogen and oxygen atoms in total. The van der Waals surface area contributed by atoms with Crippen molar-refractivity contribution in [3.05, 3.63) is 29.8 Å². The minimum atomic E-state index is -0.134. The van der Waals surface area contributed by atoms with Crippen molar-refractivity contribution in [2.45, 2.75) is 58.3 Å². The second kappa shape index (κ2) is 4.52. The topological polar surface area (TPSA) is 18.5 Å². The van der Waals surface area contributed by atoms with Crippen LogP contribution in [0, 0.1) is 11.8 Å². The van der Waals surface area contributed by atoms with Gasteiger partial charge in [-0.05, 0) is 38.7 Å². The van der Waals surface area contributed by atoms with Crippen molar-refractivity contribution in [2.24, 2.45) is 11.8 Å². The Morgan fingerprint density at radius 2 is 2.00 bits per heavy atom. The third-order valence-corrected chi connectivity index (χ3v) is 4.45. The molecule has 0 aliphatic carbocycles. The summed E-state index contributed by atoms with van der Waals surface area (Å²) < 4.78 is 12.6. The Balaban J connectivity index is 1.91. The van der Waals surface area contributed by atoms with Crippen LogP contribution in [0.25, 0.3) is 0 Å². The Morgan fingerprint density at radius 1 is 1.26 bits per heavy atom. The SMILES string of the molecule is CC(C)C[C@@H]1C[C@@H]2[C@@H](O1)c1ccccc1OC2(C)C. The largest absolute Gasteiger partial charge is 0.487 e. The smallest absolute Gasteiger partial charge is 0.125 e. The van der Waals surface area contributed by atoms with Crippen molar-refractivity contribution in [3.8, 4) is 5.75 Å². The molecule has 0 bridgehead atoms. The van der Waals surface area contributed by atoms with Gasteiger partial charge in [-0.3, -0.25) is 0 Å². The van der Waals surface area contributed by atoms with E-state index in [-0.39, 0.29) is 11.7 Å². The molecule has 0 spiro atoms. The van der Waals surface area contributed by atoms with Gasteiger partial charge in [0.05, 0.1) is 12.2 Å². The highest BCUT2D eigenvalue weighted by atomic mass is 16.5. The highest BCUT2D eigenvalue weighted by Crippen LogP contribution is 2.52. The maximum Gasteiger partial charge on any atom is 0.125 e. The zero-order chi connectivity index (χ0) is 13.6. The molecule has 3 atom stereocenters. The van der Waals surface area contributed by atoms with E-state index < -0.39 is 0 Å². The molecule has 2 aliphatic rings. The Morgan fingerprint density at radius 3 is 2.74 bits per heavy atom. The van der Waals surface area contributed by atoms with Gasteiger partial charge in [0.2, 0.25) is 0 Å². The zero-order valence-corrected chi connectivity index (χ0v) is 12.3. The normalized spacial score (nSPS) is 31.7. The van der Waals surface area contributed by atoms with Crippen molar-refractivity contribution in [2.75, 3.05) is 0 Å². The first kappa shape index (κ1) is 13.0. The van der Waals surface area contributed by atoms with E-state index >= 15 is 0 Å². The number of para-hydroxylation sites is 1. The molecule has 1 saturated heterocycles. The second-order valence-corrected chi connectivity index (χ2v) is 6.89. The monoisotopic (exact) mass is 260 g/mol. The number of rotatable bonds is 2. The number of fused-ring (bicyclic) bond motifs is 3. The quantitative estimate of drug-likeness (QED) is 0.787. The molecular weight excluding hydrogens is 236 g/mol. The van der Waals surface area contributed by atoms with Crippen LogP contribution in [0.2, 0.25) is 0 Å². The van der Waals surface area contributed by atoms with Crippen molar-refractivity contribution in [3.63, 3.8) is 0 Å². The summed E-state index contributed by atoms with van der Waals surface area (Å²) in [5.41, 5.74) is 1.10. The van der Waals surface area contributed by atoms with Gasteiger partial charge in [0.1, 0.15) is 11.4 Å². The van der Waals surface area contributed by atoms with E-state index in [0.29, 0.717) is 17.9 Å². The van der Waals surface area contributed by atoms with Crippen LogP contribution in [0.15, 0.2) is 24.3 Å². The maximum atomic E-state index is 6.36. The first-order chi connectivity index (χ1) is 8.97. The molecule has 0 unspecified atom stereocenters. The lowest BCUT2D eigenvalue weighted by Crippen LogP contribution is -2.42. The van der Waals surface area contributed by atoms with Gasteiger partial charge < -0.3 is 9.47 Å². The lowest BCUT2D eigenvalue weighted by molar-refractivity contribution is -0.0439. The van der Waals surface area contributed by atoms with Crippen LogP contribution in [0.5, 0.6) is 5.75 Å². The van der Waals surface area contributed by atoms with Gasteiger partial charge in [0.25, 0.3) is 0 Å². The third-order valence-electron chi connectivity index (χ3n) is 4.45. The summed E-state index contributed by atoms with van der Waals surface area (Å²) in [6, 6.07) is 8.33. The molecule has 2 heteroatoms. The van der Waals surface area contributed by atoms with Crippen LogP contribution in [-0.2, 0) is 4.74 Å². The third kappa shape index (κ3) is 2.27. The highest BCUT2D eigenvalue weighted by Gasteiger charge is 2.49. The Labute approximate surface area is 116 Å². The predicted molar refractivity (Wildman–Crippen MR) is 76.3 cm³/mol. The van der Waals surface area contributed by atoms with Crippen LogP contribution in [-0.4, -0.2) is 11.7 Å². The molecule has 2 aliphatic heterocycles. The molecule has 2 heterocycles. The molecule has 0 aromatic heterocycles. The van der Waals surface area contributed by atoms with Crippen LogP contribution in [0.4, 0.5) is 0 Å². The van der Waals surface area contributed by atoms with E-state index in [0.717, 1.165) is 18.6 Å². The molecule has 3 rings (SSSR count). The maximum absolute atomic E-state index is 6.36. The summed E-state index contributed by atoms with van der Waals surface area (Å²) in [4.78, 5) is 0. The van der Waals surface area contributed by atoms with E-state index in [9.17, 15) is 0 Å². The van der Waals surface area contributed by atoms with Crippen LogP contribution in [0.1, 0.15) is 52.2 Å². The van der Waals surface area contributed by atoms with E-state index in [1.807, 2.05) is 6.07 Å². The molecule has 1 fully saturated rings. The van der Waals surface area contributed by atoms with E-state index in [1.54, 1.807) is 0 Å². The predicted octanol–water partition coefficient (Wildman–Crippen LogP) is 4.35. The average Bonchev–Trinajstić information content (AvgIpc) is 2.72. The lowest BCUT2D eigenvalue weighted by atomic mass is 9.78. The molecule has 1 aromatic rings. The summed E-state index contributed by atoms with van der Waals surface area (Å²) in [5, 5.41) is 0. The Hall–Kier alpha value is -1.02.